The third-order valence-electron chi connectivity index (χ3n) is 8.20. The van der Waals surface area contributed by atoms with Crippen LogP contribution in [-0.4, -0.2) is 63.1 Å². The summed E-state index contributed by atoms with van der Waals surface area (Å²) < 4.78 is 0. The Bertz CT molecular complexity index is 1770. The molecule has 1 aromatic carbocycles. The summed E-state index contributed by atoms with van der Waals surface area (Å²) in [6, 6.07) is 12.5. The smallest absolute Gasteiger partial charge is 0.271 e. The molecule has 0 aliphatic carbocycles. The fourth-order valence-corrected chi connectivity index (χ4v) is 7.45. The van der Waals surface area contributed by atoms with Crippen molar-refractivity contribution in [2.24, 2.45) is 5.92 Å². The van der Waals surface area contributed by atoms with E-state index in [-0.39, 0.29) is 53.4 Å². The van der Waals surface area contributed by atoms with Gasteiger partial charge in [0.25, 0.3) is 17.7 Å². The van der Waals surface area contributed by atoms with Gasteiger partial charge in [-0.2, -0.15) is 0 Å². The number of amides is 4. The summed E-state index contributed by atoms with van der Waals surface area (Å²) in [7, 11) is 0. The molecule has 3 N–H and O–H groups in total. The minimum absolute atomic E-state index is 0.146. The van der Waals surface area contributed by atoms with Crippen LogP contribution in [0, 0.1) is 19.8 Å². The Balaban J connectivity index is 1.42. The molecule has 5 rings (SSSR count). The minimum atomic E-state index is -0.494. The van der Waals surface area contributed by atoms with E-state index in [0.29, 0.717) is 66.6 Å². The van der Waals surface area contributed by atoms with Gasteiger partial charge < -0.3 is 20.9 Å². The number of fused-ring (bicyclic) bond motifs is 4. The van der Waals surface area contributed by atoms with Crippen LogP contribution in [0.1, 0.15) is 110 Å². The van der Waals surface area contributed by atoms with E-state index in [1.165, 1.54) is 22.7 Å². The van der Waals surface area contributed by atoms with Crippen LogP contribution in [0.25, 0.3) is 0 Å². The fraction of sp³-hybridized carbons (Fsp3) is 0.417. The first-order valence-electron chi connectivity index (χ1n) is 16.6. The van der Waals surface area contributed by atoms with Gasteiger partial charge >= 0.3 is 0 Å². The van der Waals surface area contributed by atoms with Crippen LogP contribution in [0.4, 0.5) is 0 Å². The number of rotatable bonds is 5. The summed E-state index contributed by atoms with van der Waals surface area (Å²) >= 11 is 2.65. The van der Waals surface area contributed by atoms with Crippen LogP contribution in [-0.2, 0) is 11.2 Å². The molecule has 4 amide bonds. The van der Waals surface area contributed by atoms with Crippen molar-refractivity contribution in [1.82, 2.24) is 35.8 Å². The number of benzene rings is 1. The van der Waals surface area contributed by atoms with Crippen molar-refractivity contribution in [2.75, 3.05) is 19.6 Å². The topological polar surface area (TPSA) is 146 Å². The summed E-state index contributed by atoms with van der Waals surface area (Å²) in [4.78, 5) is 69.1. The van der Waals surface area contributed by atoms with E-state index in [0.717, 1.165) is 11.3 Å². The summed E-state index contributed by atoms with van der Waals surface area (Å²) in [5.74, 6) is -0.714. The number of nitrogens with zero attached hydrogens (tertiary/aromatic N) is 4. The molecule has 49 heavy (non-hydrogen) atoms. The number of thiazole rings is 2. The number of aromatic nitrogens is 3. The van der Waals surface area contributed by atoms with Crippen molar-refractivity contribution in [3.8, 4) is 0 Å². The second-order valence-electron chi connectivity index (χ2n) is 12.7. The van der Waals surface area contributed by atoms with Crippen molar-refractivity contribution in [3.63, 3.8) is 0 Å². The lowest BCUT2D eigenvalue weighted by molar-refractivity contribution is -0.122. The molecule has 4 heterocycles. The molecule has 0 fully saturated rings. The van der Waals surface area contributed by atoms with Crippen LogP contribution in [0.5, 0.6) is 0 Å². The monoisotopic (exact) mass is 701 g/mol. The number of carbonyl (C=O) groups excluding carboxylic acids is 4. The molecule has 3 aromatic heterocycles. The van der Waals surface area contributed by atoms with Crippen LogP contribution in [0.3, 0.4) is 0 Å². The van der Waals surface area contributed by atoms with Gasteiger partial charge in [0.2, 0.25) is 5.91 Å². The van der Waals surface area contributed by atoms with E-state index < -0.39 is 6.04 Å². The number of hydrogen-bond donors (Lipinski definition) is 3. The van der Waals surface area contributed by atoms with Crippen molar-refractivity contribution in [1.29, 1.82) is 0 Å². The molecule has 258 valence electrons. The Kier molecular flexibility index (Phi) is 12.2. The molecule has 4 bridgehead atoms. The first-order valence-corrected chi connectivity index (χ1v) is 18.4. The fourth-order valence-electron chi connectivity index (χ4n) is 5.74. The molecule has 0 spiro atoms. The molecule has 0 radical (unpaired) electrons. The van der Waals surface area contributed by atoms with Gasteiger partial charge in [0.15, 0.2) is 0 Å². The SMILES string of the molecule is Cc1ccc(C(=O)N2CCCNC(=O)c3csc(n3)[C@H](Cc3ccccc3)NC(=O)c3csc(n3)[C@H](CC(C)C)NC(=O)CCC2)c(C)n1. The largest absolute Gasteiger partial charge is 0.351 e. The van der Waals surface area contributed by atoms with E-state index in [9.17, 15) is 19.2 Å². The van der Waals surface area contributed by atoms with Crippen molar-refractivity contribution < 1.29 is 19.2 Å². The van der Waals surface area contributed by atoms with Gasteiger partial charge in [-0.05, 0) is 63.1 Å². The van der Waals surface area contributed by atoms with Gasteiger partial charge in [0.1, 0.15) is 21.4 Å². The van der Waals surface area contributed by atoms with Crippen molar-refractivity contribution >= 4 is 46.3 Å². The normalized spacial score (nSPS) is 18.3. The van der Waals surface area contributed by atoms with Crippen LogP contribution in [0.15, 0.2) is 53.2 Å². The Labute approximate surface area is 295 Å². The van der Waals surface area contributed by atoms with Gasteiger partial charge in [-0.3, -0.25) is 24.2 Å². The van der Waals surface area contributed by atoms with Gasteiger partial charge in [-0.1, -0.05) is 44.2 Å². The summed E-state index contributed by atoms with van der Waals surface area (Å²) in [6.45, 7) is 8.93. The lowest BCUT2D eigenvalue weighted by atomic mass is 10.0. The zero-order chi connectivity index (χ0) is 34.9. The molecule has 13 heteroatoms. The molecule has 1 aliphatic heterocycles. The van der Waals surface area contributed by atoms with Gasteiger partial charge in [-0.25, -0.2) is 9.97 Å². The summed E-state index contributed by atoms with van der Waals surface area (Å²) in [6.07, 6.45) is 2.31. The number of carbonyl (C=O) groups is 4. The number of pyridine rings is 1. The van der Waals surface area contributed by atoms with Gasteiger partial charge in [0, 0.05) is 42.5 Å². The Morgan fingerprint density at radius 1 is 0.857 bits per heavy atom. The molecule has 11 nitrogen and oxygen atoms in total. The average Bonchev–Trinajstić information content (AvgIpc) is 3.76. The van der Waals surface area contributed by atoms with E-state index >= 15 is 0 Å². The van der Waals surface area contributed by atoms with Crippen molar-refractivity contribution in [3.05, 3.63) is 97.1 Å². The molecule has 0 saturated heterocycles. The first kappa shape index (κ1) is 35.8. The third-order valence-corrected chi connectivity index (χ3v) is 10.1. The molecule has 2 atom stereocenters. The molecule has 0 unspecified atom stereocenters. The molecule has 1 aliphatic rings. The second kappa shape index (κ2) is 16.8. The number of aryl methyl sites for hydroxylation is 2. The van der Waals surface area contributed by atoms with E-state index in [4.69, 9.17) is 0 Å². The predicted molar refractivity (Wildman–Crippen MR) is 191 cm³/mol. The summed E-state index contributed by atoms with van der Waals surface area (Å²) in [5.41, 5.74) is 3.53. The highest BCUT2D eigenvalue weighted by Crippen LogP contribution is 2.27. The quantitative estimate of drug-likeness (QED) is 0.246. The van der Waals surface area contributed by atoms with Crippen LogP contribution in [0.2, 0.25) is 0 Å². The van der Waals surface area contributed by atoms with Crippen molar-refractivity contribution in [2.45, 2.75) is 71.9 Å². The van der Waals surface area contributed by atoms with Gasteiger partial charge in [-0.15, -0.1) is 22.7 Å². The number of nitrogens with one attached hydrogen (secondary N) is 3. The van der Waals surface area contributed by atoms with E-state index in [1.54, 1.807) is 21.7 Å². The standard InChI is InChI=1S/C36H43N7O4S2/c1-22(2)18-27-34-42-30(21-49-34)33(46)40-28(19-25-10-6-5-7-11-25)35-41-29(20-48-35)32(45)37-15-9-17-43(16-8-12-31(44)39-27)36(47)26-14-13-23(3)38-24(26)4/h5-7,10-11,13-14,20-22,27-28H,8-9,12,15-19H2,1-4H3,(H,37,45)(H,39,44)(H,40,46)/t27-,28-/m0/s1. The van der Waals surface area contributed by atoms with E-state index in [1.807, 2.05) is 50.2 Å². The van der Waals surface area contributed by atoms with Crippen LogP contribution < -0.4 is 16.0 Å². The maximum atomic E-state index is 13.7. The lowest BCUT2D eigenvalue weighted by Crippen LogP contribution is -2.36. The van der Waals surface area contributed by atoms with E-state index in [2.05, 4.69) is 44.7 Å². The highest BCUT2D eigenvalue weighted by atomic mass is 32.1. The zero-order valence-corrected chi connectivity index (χ0v) is 30.0. The zero-order valence-electron chi connectivity index (χ0n) is 28.3. The molecule has 0 saturated carbocycles. The maximum Gasteiger partial charge on any atom is 0.271 e. The first-order chi connectivity index (χ1) is 23.6. The Morgan fingerprint density at radius 3 is 2.22 bits per heavy atom. The third kappa shape index (κ3) is 9.79. The average molecular weight is 702 g/mol. The number of hydrogen-bond acceptors (Lipinski definition) is 9. The summed E-state index contributed by atoms with van der Waals surface area (Å²) in [5, 5.41) is 13.8. The minimum Gasteiger partial charge on any atom is -0.351 e. The molecule has 4 aromatic rings. The predicted octanol–water partition coefficient (Wildman–Crippen LogP) is 5.58. The molecular formula is C36H43N7O4S2. The highest BCUT2D eigenvalue weighted by molar-refractivity contribution is 7.10. The Hall–Kier alpha value is -4.49. The highest BCUT2D eigenvalue weighted by Gasteiger charge is 2.26. The molecular weight excluding hydrogens is 659 g/mol. The van der Waals surface area contributed by atoms with Gasteiger partial charge in [0.05, 0.1) is 23.3 Å². The van der Waals surface area contributed by atoms with Crippen LogP contribution >= 0.6 is 22.7 Å². The maximum absolute atomic E-state index is 13.7. The Morgan fingerprint density at radius 2 is 1.53 bits per heavy atom. The second-order valence-corrected chi connectivity index (χ2v) is 14.5. The lowest BCUT2D eigenvalue weighted by Gasteiger charge is -2.24.